The van der Waals surface area contributed by atoms with Crippen LogP contribution in [-0.2, 0) is 0 Å². The van der Waals surface area contributed by atoms with Crippen molar-refractivity contribution in [2.24, 2.45) is 11.5 Å². The molecule has 0 aliphatic carbocycles. The van der Waals surface area contributed by atoms with Crippen LogP contribution in [0.15, 0.2) is 66.7 Å². The van der Waals surface area contributed by atoms with Gasteiger partial charge in [-0.05, 0) is 17.2 Å². The Kier molecular flexibility index (Phi) is 6.41. The minimum Gasteiger partial charge on any atom is -0.398 e. The Morgan fingerprint density at radius 2 is 1.37 bits per heavy atom. The monoisotopic (exact) mass is 254 g/mol. The minimum atomic E-state index is -0.170. The smallest absolute Gasteiger partial charge is 0.0504 e. The first-order valence-electron chi connectivity index (χ1n) is 6.60. The Labute approximate surface area is 115 Å². The van der Waals surface area contributed by atoms with E-state index >= 15 is 0 Å². The van der Waals surface area contributed by atoms with Gasteiger partial charge >= 0.3 is 0 Å². The highest BCUT2D eigenvalue weighted by atomic mass is 14.6. The van der Waals surface area contributed by atoms with Crippen LogP contribution in [0.2, 0.25) is 0 Å². The van der Waals surface area contributed by atoms with Gasteiger partial charge < -0.3 is 11.5 Å². The molecule has 2 nitrogen and oxygen atoms in total. The van der Waals surface area contributed by atoms with E-state index in [2.05, 4.69) is 0 Å². The fraction of sp³-hybridized carbons (Fsp3) is 0.176. The molecule has 0 amide bonds. The highest BCUT2D eigenvalue weighted by molar-refractivity contribution is 5.63. The molecule has 1 unspecified atom stereocenters. The van der Waals surface area contributed by atoms with Gasteiger partial charge in [0.2, 0.25) is 0 Å². The Morgan fingerprint density at radius 1 is 0.895 bits per heavy atom. The molecule has 0 aliphatic heterocycles. The van der Waals surface area contributed by atoms with E-state index in [1.807, 2.05) is 80.6 Å². The fourth-order valence-corrected chi connectivity index (χ4v) is 1.69. The molecular weight excluding hydrogens is 232 g/mol. The second-order valence-corrected chi connectivity index (χ2v) is 3.92. The van der Waals surface area contributed by atoms with E-state index in [9.17, 15) is 0 Å². The van der Waals surface area contributed by atoms with E-state index in [0.29, 0.717) is 5.70 Å². The van der Waals surface area contributed by atoms with Crippen LogP contribution >= 0.6 is 0 Å². The van der Waals surface area contributed by atoms with Crippen molar-refractivity contribution in [1.29, 1.82) is 0 Å². The third-order valence-electron chi connectivity index (χ3n) is 2.65. The molecule has 1 atom stereocenters. The molecule has 4 N–H and O–H groups in total. The summed E-state index contributed by atoms with van der Waals surface area (Å²) >= 11 is 0. The van der Waals surface area contributed by atoms with E-state index in [1.165, 1.54) is 0 Å². The first-order valence-corrected chi connectivity index (χ1v) is 6.60. The van der Waals surface area contributed by atoms with Crippen molar-refractivity contribution in [1.82, 2.24) is 0 Å². The maximum absolute atomic E-state index is 6.08. The van der Waals surface area contributed by atoms with Crippen LogP contribution in [0.25, 0.3) is 5.70 Å². The molecule has 0 radical (unpaired) electrons. The standard InChI is InChI=1S/C15H16N2.C2H6/c16-14(12-7-3-1-4-8-12)11-15(17)13-9-5-2-6-10-13;1-2/h1-11,14H,16-17H2;1-2H3/b15-11-;. The van der Waals surface area contributed by atoms with Crippen molar-refractivity contribution in [3.05, 3.63) is 77.9 Å². The van der Waals surface area contributed by atoms with Gasteiger partial charge in [0.15, 0.2) is 0 Å². The van der Waals surface area contributed by atoms with Gasteiger partial charge in [0.1, 0.15) is 0 Å². The highest BCUT2D eigenvalue weighted by Crippen LogP contribution is 2.16. The maximum atomic E-state index is 6.08. The molecule has 0 aliphatic rings. The quantitative estimate of drug-likeness (QED) is 0.877. The van der Waals surface area contributed by atoms with Crippen molar-refractivity contribution in [2.75, 3.05) is 0 Å². The summed E-state index contributed by atoms with van der Waals surface area (Å²) in [6, 6.07) is 19.6. The molecule has 0 saturated carbocycles. The fourth-order valence-electron chi connectivity index (χ4n) is 1.69. The molecule has 2 rings (SSSR count). The third-order valence-corrected chi connectivity index (χ3v) is 2.65. The van der Waals surface area contributed by atoms with Gasteiger partial charge in [0, 0.05) is 5.70 Å². The lowest BCUT2D eigenvalue weighted by molar-refractivity contribution is 0.911. The van der Waals surface area contributed by atoms with Crippen molar-refractivity contribution in [2.45, 2.75) is 19.9 Å². The third kappa shape index (κ3) is 4.60. The predicted octanol–water partition coefficient (Wildman–Crippen LogP) is 3.71. The summed E-state index contributed by atoms with van der Waals surface area (Å²) in [5.74, 6) is 0. The molecule has 0 spiro atoms. The van der Waals surface area contributed by atoms with Gasteiger partial charge in [-0.1, -0.05) is 74.5 Å². The molecule has 2 aromatic rings. The van der Waals surface area contributed by atoms with E-state index < -0.39 is 0 Å². The van der Waals surface area contributed by atoms with Crippen LogP contribution in [0.1, 0.15) is 31.0 Å². The zero-order valence-electron chi connectivity index (χ0n) is 11.6. The summed E-state index contributed by atoms with van der Waals surface area (Å²) in [5, 5.41) is 0. The number of rotatable bonds is 3. The second-order valence-electron chi connectivity index (χ2n) is 3.92. The highest BCUT2D eigenvalue weighted by Gasteiger charge is 2.03. The number of nitrogens with two attached hydrogens (primary N) is 2. The van der Waals surface area contributed by atoms with Gasteiger partial charge in [-0.2, -0.15) is 0 Å². The average Bonchev–Trinajstić information content (AvgIpc) is 2.51. The molecule has 0 fully saturated rings. The van der Waals surface area contributed by atoms with Crippen LogP contribution in [-0.4, -0.2) is 0 Å². The molecule has 0 saturated heterocycles. The van der Waals surface area contributed by atoms with Crippen LogP contribution < -0.4 is 11.5 Å². The topological polar surface area (TPSA) is 52.0 Å². The van der Waals surface area contributed by atoms with E-state index in [4.69, 9.17) is 11.5 Å². The molecule has 0 aromatic heterocycles. The Balaban J connectivity index is 0.000000861. The molecule has 0 bridgehead atoms. The zero-order valence-corrected chi connectivity index (χ0v) is 11.6. The van der Waals surface area contributed by atoms with Crippen LogP contribution in [0.3, 0.4) is 0 Å². The molecule has 2 heteroatoms. The van der Waals surface area contributed by atoms with Crippen LogP contribution in [0.4, 0.5) is 0 Å². The van der Waals surface area contributed by atoms with Gasteiger partial charge in [0.05, 0.1) is 6.04 Å². The average molecular weight is 254 g/mol. The normalized spacial score (nSPS) is 12.3. The Bertz CT molecular complexity index is 489. The number of benzene rings is 2. The van der Waals surface area contributed by atoms with Gasteiger partial charge in [-0.25, -0.2) is 0 Å². The zero-order chi connectivity index (χ0) is 14.1. The lowest BCUT2D eigenvalue weighted by Gasteiger charge is -2.09. The molecule has 0 heterocycles. The summed E-state index contributed by atoms with van der Waals surface area (Å²) < 4.78 is 0. The largest absolute Gasteiger partial charge is 0.398 e. The Hall–Kier alpha value is -2.06. The summed E-state index contributed by atoms with van der Waals surface area (Å²) in [5.41, 5.74) is 14.9. The first kappa shape index (κ1) is 15.0. The van der Waals surface area contributed by atoms with E-state index in [1.54, 1.807) is 0 Å². The van der Waals surface area contributed by atoms with Crippen molar-refractivity contribution < 1.29 is 0 Å². The summed E-state index contributed by atoms with van der Waals surface area (Å²) in [6.45, 7) is 4.00. The Morgan fingerprint density at radius 3 is 1.89 bits per heavy atom. The van der Waals surface area contributed by atoms with Crippen molar-refractivity contribution in [3.8, 4) is 0 Å². The summed E-state index contributed by atoms with van der Waals surface area (Å²) in [4.78, 5) is 0. The maximum Gasteiger partial charge on any atom is 0.0504 e. The van der Waals surface area contributed by atoms with Gasteiger partial charge in [-0.3, -0.25) is 0 Å². The number of hydrogen-bond donors (Lipinski definition) is 2. The van der Waals surface area contributed by atoms with Crippen molar-refractivity contribution >= 4 is 5.70 Å². The molecular formula is C17H22N2. The van der Waals surface area contributed by atoms with Crippen LogP contribution in [0.5, 0.6) is 0 Å². The van der Waals surface area contributed by atoms with Crippen LogP contribution in [0, 0.1) is 0 Å². The lowest BCUT2D eigenvalue weighted by atomic mass is 10.0. The minimum absolute atomic E-state index is 0.170. The molecule has 2 aromatic carbocycles. The summed E-state index contributed by atoms with van der Waals surface area (Å²) in [6.07, 6.45) is 1.88. The molecule has 100 valence electrons. The SMILES string of the molecule is CC.N/C(=C\C(N)c1ccccc1)c1ccccc1. The van der Waals surface area contributed by atoms with E-state index in [-0.39, 0.29) is 6.04 Å². The van der Waals surface area contributed by atoms with Gasteiger partial charge in [0.25, 0.3) is 0 Å². The predicted molar refractivity (Wildman–Crippen MR) is 83.3 cm³/mol. The lowest BCUT2D eigenvalue weighted by Crippen LogP contribution is -2.09. The second kappa shape index (κ2) is 8.11. The van der Waals surface area contributed by atoms with Gasteiger partial charge in [-0.15, -0.1) is 0 Å². The van der Waals surface area contributed by atoms with Crippen molar-refractivity contribution in [3.63, 3.8) is 0 Å². The summed E-state index contributed by atoms with van der Waals surface area (Å²) in [7, 11) is 0. The molecule has 19 heavy (non-hydrogen) atoms. The number of hydrogen-bond acceptors (Lipinski definition) is 2. The first-order chi connectivity index (χ1) is 9.27. The van der Waals surface area contributed by atoms with E-state index in [0.717, 1.165) is 11.1 Å².